The summed E-state index contributed by atoms with van der Waals surface area (Å²) in [7, 11) is 0. The molecule has 188 valence electrons. The average Bonchev–Trinajstić information content (AvgIpc) is 2.73. The molecule has 33 heavy (non-hydrogen) atoms. The van der Waals surface area contributed by atoms with Crippen LogP contribution in [0.15, 0.2) is 0 Å². The van der Waals surface area contributed by atoms with Crippen molar-refractivity contribution in [3.05, 3.63) is 22.3 Å². The molecule has 1 aliphatic rings. The molecule has 0 aliphatic carbocycles. The lowest BCUT2D eigenvalue weighted by Crippen LogP contribution is -2.37. The first kappa shape index (κ1) is 27.5. The van der Waals surface area contributed by atoms with Gasteiger partial charge in [-0.15, -0.1) is 0 Å². The first-order chi connectivity index (χ1) is 15.5. The van der Waals surface area contributed by atoms with Crippen molar-refractivity contribution < 1.29 is 19.4 Å². The lowest BCUT2D eigenvalue weighted by Gasteiger charge is -2.38. The van der Waals surface area contributed by atoms with Gasteiger partial charge >= 0.3 is 5.97 Å². The van der Waals surface area contributed by atoms with Crippen molar-refractivity contribution in [3.8, 4) is 11.5 Å². The third-order valence-corrected chi connectivity index (χ3v) is 7.53. The van der Waals surface area contributed by atoms with Crippen molar-refractivity contribution in [2.24, 2.45) is 11.8 Å². The van der Waals surface area contributed by atoms with Gasteiger partial charge in [-0.2, -0.15) is 0 Å². The minimum absolute atomic E-state index is 0.136. The van der Waals surface area contributed by atoms with Crippen molar-refractivity contribution in [1.29, 1.82) is 0 Å². The first-order valence-corrected chi connectivity index (χ1v) is 13.2. The van der Waals surface area contributed by atoms with Gasteiger partial charge in [-0.3, -0.25) is 0 Å². The van der Waals surface area contributed by atoms with Gasteiger partial charge in [0, 0.05) is 5.56 Å². The van der Waals surface area contributed by atoms with Gasteiger partial charge in [0.05, 0.1) is 0 Å². The van der Waals surface area contributed by atoms with Crippen LogP contribution in [0.2, 0.25) is 0 Å². The molecule has 1 aromatic rings. The highest BCUT2D eigenvalue weighted by Crippen LogP contribution is 2.45. The number of aliphatic carboxylic acids is 1. The van der Waals surface area contributed by atoms with Crippen molar-refractivity contribution in [2.45, 2.75) is 131 Å². The predicted molar refractivity (Wildman–Crippen MR) is 137 cm³/mol. The Morgan fingerprint density at radius 2 is 1.70 bits per heavy atom. The van der Waals surface area contributed by atoms with E-state index in [4.69, 9.17) is 9.47 Å². The fraction of sp³-hybridized carbons (Fsp3) is 0.759. The van der Waals surface area contributed by atoms with Gasteiger partial charge in [0.15, 0.2) is 6.10 Å². The van der Waals surface area contributed by atoms with E-state index < -0.39 is 12.1 Å². The standard InChI is InChI=1S/C29H48O4/c1-9-12-25(28(30)31)32-26-21(5)22(6)27-24(23(26)7)16-18-29(8,33-27)17-11-15-20(4)14-10-13-19(2)3/h19-20,25H,9-18H2,1-8H3,(H,30,31). The SMILES string of the molecule is CCCC(Oc1c(C)c(C)c2c(c1C)CCC(C)(CCCC(C)CCCC(C)C)O2)C(=O)O. The van der Waals surface area contributed by atoms with Crippen LogP contribution in [0.4, 0.5) is 0 Å². The Hall–Kier alpha value is -1.71. The first-order valence-electron chi connectivity index (χ1n) is 13.2. The van der Waals surface area contributed by atoms with Gasteiger partial charge in [-0.25, -0.2) is 4.79 Å². The van der Waals surface area contributed by atoms with E-state index >= 15 is 0 Å². The third kappa shape index (κ3) is 7.39. The quantitative estimate of drug-likeness (QED) is 0.324. The van der Waals surface area contributed by atoms with E-state index in [9.17, 15) is 9.90 Å². The van der Waals surface area contributed by atoms with Crippen LogP contribution in [-0.2, 0) is 11.2 Å². The number of rotatable bonds is 13. The number of carboxylic acids is 1. The molecule has 2 rings (SSSR count). The smallest absolute Gasteiger partial charge is 0.344 e. The summed E-state index contributed by atoms with van der Waals surface area (Å²) in [4.78, 5) is 11.7. The molecule has 4 nitrogen and oxygen atoms in total. The average molecular weight is 461 g/mol. The number of hydrogen-bond donors (Lipinski definition) is 1. The summed E-state index contributed by atoms with van der Waals surface area (Å²) in [6.07, 6.45) is 9.95. The fourth-order valence-electron chi connectivity index (χ4n) is 5.11. The van der Waals surface area contributed by atoms with Crippen LogP contribution >= 0.6 is 0 Å². The Kier molecular flexibility index (Phi) is 10.1. The van der Waals surface area contributed by atoms with Gasteiger partial charge in [-0.05, 0) is 88.3 Å². The summed E-state index contributed by atoms with van der Waals surface area (Å²) >= 11 is 0. The maximum Gasteiger partial charge on any atom is 0.344 e. The number of carboxylic acid groups (broad SMARTS) is 1. The van der Waals surface area contributed by atoms with Gasteiger partial charge < -0.3 is 14.6 Å². The van der Waals surface area contributed by atoms with Gasteiger partial charge in [-0.1, -0.05) is 59.8 Å². The summed E-state index contributed by atoms with van der Waals surface area (Å²) in [6, 6.07) is 0. The Bertz CT molecular complexity index is 798. The molecular formula is C29H48O4. The summed E-state index contributed by atoms with van der Waals surface area (Å²) in [5.41, 5.74) is 4.17. The van der Waals surface area contributed by atoms with Crippen LogP contribution in [0, 0.1) is 32.6 Å². The molecule has 0 fully saturated rings. The predicted octanol–water partition coefficient (Wildman–Crippen LogP) is 7.96. The number of benzene rings is 1. The molecule has 4 heteroatoms. The zero-order valence-corrected chi connectivity index (χ0v) is 22.5. The molecule has 0 saturated heterocycles. The highest BCUT2D eigenvalue weighted by Gasteiger charge is 2.35. The molecule has 0 saturated carbocycles. The van der Waals surface area contributed by atoms with Gasteiger partial charge in [0.25, 0.3) is 0 Å². The number of hydrogen-bond acceptors (Lipinski definition) is 3. The zero-order chi connectivity index (χ0) is 24.8. The van der Waals surface area contributed by atoms with Crippen LogP contribution in [-0.4, -0.2) is 22.8 Å². The Morgan fingerprint density at radius 3 is 2.30 bits per heavy atom. The lowest BCUT2D eigenvalue weighted by atomic mass is 9.84. The minimum Gasteiger partial charge on any atom is -0.487 e. The molecular weight excluding hydrogens is 412 g/mol. The van der Waals surface area contributed by atoms with Gasteiger partial charge in [0.2, 0.25) is 0 Å². The Balaban J connectivity index is 2.08. The monoisotopic (exact) mass is 460 g/mol. The highest BCUT2D eigenvalue weighted by atomic mass is 16.5. The molecule has 1 aromatic carbocycles. The molecule has 0 spiro atoms. The largest absolute Gasteiger partial charge is 0.487 e. The van der Waals surface area contributed by atoms with Crippen molar-refractivity contribution in [1.82, 2.24) is 0 Å². The Labute approximate surface area is 202 Å². The second-order valence-corrected chi connectivity index (χ2v) is 11.1. The number of ether oxygens (including phenoxy) is 2. The maximum absolute atomic E-state index is 11.7. The van der Waals surface area contributed by atoms with Gasteiger partial charge in [0.1, 0.15) is 17.1 Å². The van der Waals surface area contributed by atoms with Crippen LogP contribution < -0.4 is 9.47 Å². The minimum atomic E-state index is -0.895. The van der Waals surface area contributed by atoms with Crippen molar-refractivity contribution >= 4 is 5.97 Å². The lowest BCUT2D eigenvalue weighted by molar-refractivity contribution is -0.145. The van der Waals surface area contributed by atoms with Crippen LogP contribution in [0.1, 0.15) is 115 Å². The van der Waals surface area contributed by atoms with Crippen LogP contribution in [0.3, 0.4) is 0 Å². The molecule has 0 aromatic heterocycles. The van der Waals surface area contributed by atoms with Crippen LogP contribution in [0.25, 0.3) is 0 Å². The number of fused-ring (bicyclic) bond motifs is 1. The Morgan fingerprint density at radius 1 is 1.03 bits per heavy atom. The summed E-state index contributed by atoms with van der Waals surface area (Å²) in [5, 5.41) is 9.57. The van der Waals surface area contributed by atoms with Crippen molar-refractivity contribution in [2.75, 3.05) is 0 Å². The van der Waals surface area contributed by atoms with Crippen molar-refractivity contribution in [3.63, 3.8) is 0 Å². The molecule has 0 radical (unpaired) electrons. The zero-order valence-electron chi connectivity index (χ0n) is 22.5. The number of carbonyl (C=O) groups is 1. The normalized spacial score (nSPS) is 19.7. The molecule has 0 amide bonds. The molecule has 1 N–H and O–H groups in total. The van der Waals surface area contributed by atoms with E-state index in [1.54, 1.807) is 0 Å². The second-order valence-electron chi connectivity index (χ2n) is 11.1. The molecule has 0 bridgehead atoms. The van der Waals surface area contributed by atoms with Crippen LogP contribution in [0.5, 0.6) is 11.5 Å². The second kappa shape index (κ2) is 12.1. The molecule has 3 atom stereocenters. The van der Waals surface area contributed by atoms with E-state index in [-0.39, 0.29) is 5.60 Å². The van der Waals surface area contributed by atoms with E-state index in [0.29, 0.717) is 6.42 Å². The third-order valence-electron chi connectivity index (χ3n) is 7.53. The summed E-state index contributed by atoms with van der Waals surface area (Å²) < 4.78 is 12.7. The highest BCUT2D eigenvalue weighted by molar-refractivity contribution is 5.73. The molecule has 3 unspecified atom stereocenters. The fourth-order valence-corrected chi connectivity index (χ4v) is 5.11. The molecule has 1 heterocycles. The summed E-state index contributed by atoms with van der Waals surface area (Å²) in [5.74, 6) is 2.41. The molecule has 1 aliphatic heterocycles. The van der Waals surface area contributed by atoms with E-state index in [0.717, 1.165) is 65.7 Å². The van der Waals surface area contributed by atoms with E-state index in [1.165, 1.54) is 37.7 Å². The maximum atomic E-state index is 11.7. The summed E-state index contributed by atoms with van der Waals surface area (Å²) in [6.45, 7) is 17.4. The topological polar surface area (TPSA) is 55.8 Å². The van der Waals surface area contributed by atoms with E-state index in [1.807, 2.05) is 13.8 Å². The van der Waals surface area contributed by atoms with E-state index in [2.05, 4.69) is 41.5 Å².